The van der Waals surface area contributed by atoms with Crippen LogP contribution in [0.5, 0.6) is 11.5 Å². The molecule has 0 N–H and O–H groups in total. The van der Waals surface area contributed by atoms with Crippen LogP contribution in [0.4, 0.5) is 0 Å². The Morgan fingerprint density at radius 1 is 1.00 bits per heavy atom. The van der Waals surface area contributed by atoms with Gasteiger partial charge in [0, 0.05) is 0 Å². The molecule has 0 aliphatic heterocycles. The SMILES string of the molecule is CO/C=C(/C(=O)OC)c1cc(C)cc(Oc2ccccc2)c1. The molecule has 0 heterocycles. The minimum absolute atomic E-state index is 0.339. The Morgan fingerprint density at radius 2 is 1.73 bits per heavy atom. The summed E-state index contributed by atoms with van der Waals surface area (Å²) in [5, 5.41) is 0. The lowest BCUT2D eigenvalue weighted by Crippen LogP contribution is -2.05. The van der Waals surface area contributed by atoms with E-state index in [1.165, 1.54) is 20.5 Å². The van der Waals surface area contributed by atoms with Crippen LogP contribution in [-0.2, 0) is 14.3 Å². The fourth-order valence-corrected chi connectivity index (χ4v) is 2.05. The molecular formula is C18H18O4. The van der Waals surface area contributed by atoms with Crippen molar-refractivity contribution in [3.8, 4) is 11.5 Å². The topological polar surface area (TPSA) is 44.8 Å². The zero-order chi connectivity index (χ0) is 15.9. The summed E-state index contributed by atoms with van der Waals surface area (Å²) >= 11 is 0. The van der Waals surface area contributed by atoms with E-state index in [2.05, 4.69) is 0 Å². The van der Waals surface area contributed by atoms with Gasteiger partial charge in [-0.3, -0.25) is 0 Å². The quantitative estimate of drug-likeness (QED) is 0.476. The molecule has 0 bridgehead atoms. The first-order valence-electron chi connectivity index (χ1n) is 6.80. The van der Waals surface area contributed by atoms with E-state index in [0.29, 0.717) is 16.9 Å². The van der Waals surface area contributed by atoms with Gasteiger partial charge in [-0.25, -0.2) is 4.79 Å². The van der Waals surface area contributed by atoms with Crippen molar-refractivity contribution >= 4 is 11.5 Å². The van der Waals surface area contributed by atoms with Gasteiger partial charge in [0.2, 0.25) is 0 Å². The smallest absolute Gasteiger partial charge is 0.341 e. The highest BCUT2D eigenvalue weighted by Crippen LogP contribution is 2.27. The van der Waals surface area contributed by atoms with Gasteiger partial charge in [-0.2, -0.15) is 0 Å². The van der Waals surface area contributed by atoms with Crippen molar-refractivity contribution in [2.75, 3.05) is 14.2 Å². The van der Waals surface area contributed by atoms with Gasteiger partial charge in [0.25, 0.3) is 0 Å². The maximum absolute atomic E-state index is 11.9. The third kappa shape index (κ3) is 3.88. The number of hydrogen-bond acceptors (Lipinski definition) is 4. The molecule has 0 saturated heterocycles. The summed E-state index contributed by atoms with van der Waals surface area (Å²) < 4.78 is 15.6. The second-order valence-electron chi connectivity index (χ2n) is 4.71. The molecule has 0 aliphatic carbocycles. The Hall–Kier alpha value is -2.75. The van der Waals surface area contributed by atoms with E-state index in [1.807, 2.05) is 49.4 Å². The summed E-state index contributed by atoms with van der Waals surface area (Å²) in [7, 11) is 2.82. The number of carbonyl (C=O) groups excluding carboxylic acids is 1. The Kier molecular flexibility index (Phi) is 5.20. The molecule has 2 aromatic carbocycles. The molecule has 0 fully saturated rings. The van der Waals surface area contributed by atoms with Crippen molar-refractivity contribution in [3.63, 3.8) is 0 Å². The summed E-state index contributed by atoms with van der Waals surface area (Å²) in [5.41, 5.74) is 1.99. The van der Waals surface area contributed by atoms with E-state index >= 15 is 0 Å². The van der Waals surface area contributed by atoms with Crippen LogP contribution in [0.2, 0.25) is 0 Å². The lowest BCUT2D eigenvalue weighted by atomic mass is 10.0. The van der Waals surface area contributed by atoms with Crippen molar-refractivity contribution < 1.29 is 19.0 Å². The van der Waals surface area contributed by atoms with Crippen molar-refractivity contribution in [3.05, 3.63) is 65.9 Å². The van der Waals surface area contributed by atoms with Crippen LogP contribution >= 0.6 is 0 Å². The molecule has 0 aliphatic rings. The molecule has 4 heteroatoms. The molecule has 0 aromatic heterocycles. The fraction of sp³-hybridized carbons (Fsp3) is 0.167. The summed E-state index contributed by atoms with van der Waals surface area (Å²) in [6.45, 7) is 1.93. The maximum atomic E-state index is 11.9. The van der Waals surface area contributed by atoms with Crippen LogP contribution in [-0.4, -0.2) is 20.2 Å². The van der Waals surface area contributed by atoms with Crippen molar-refractivity contribution in [2.45, 2.75) is 6.92 Å². The third-order valence-corrected chi connectivity index (χ3v) is 2.98. The van der Waals surface area contributed by atoms with Crippen LogP contribution in [0.3, 0.4) is 0 Å². The number of methoxy groups -OCH3 is 2. The molecule has 0 spiro atoms. The molecule has 114 valence electrons. The molecule has 0 atom stereocenters. The zero-order valence-electron chi connectivity index (χ0n) is 12.8. The predicted molar refractivity (Wildman–Crippen MR) is 84.7 cm³/mol. The van der Waals surface area contributed by atoms with E-state index in [-0.39, 0.29) is 0 Å². The highest BCUT2D eigenvalue weighted by Gasteiger charge is 2.15. The summed E-state index contributed by atoms with van der Waals surface area (Å²) in [6, 6.07) is 15.0. The summed E-state index contributed by atoms with van der Waals surface area (Å²) in [4.78, 5) is 11.9. The first-order valence-corrected chi connectivity index (χ1v) is 6.80. The number of esters is 1. The molecule has 0 saturated carbocycles. The first kappa shape index (κ1) is 15.6. The first-order chi connectivity index (χ1) is 10.6. The lowest BCUT2D eigenvalue weighted by Gasteiger charge is -2.11. The minimum Gasteiger partial charge on any atom is -0.503 e. The monoisotopic (exact) mass is 298 g/mol. The second kappa shape index (κ2) is 7.31. The number of carbonyl (C=O) groups is 1. The number of hydrogen-bond donors (Lipinski definition) is 0. The normalized spacial score (nSPS) is 11.0. The van der Waals surface area contributed by atoms with E-state index in [1.54, 1.807) is 6.07 Å². The van der Waals surface area contributed by atoms with Gasteiger partial charge in [-0.05, 0) is 42.3 Å². The Bertz CT molecular complexity index is 675. The van der Waals surface area contributed by atoms with Gasteiger partial charge in [0.1, 0.15) is 17.1 Å². The average molecular weight is 298 g/mol. The number of para-hydroxylation sites is 1. The highest BCUT2D eigenvalue weighted by molar-refractivity contribution is 6.16. The van der Waals surface area contributed by atoms with Gasteiger partial charge < -0.3 is 14.2 Å². The summed E-state index contributed by atoms with van der Waals surface area (Å²) in [6.07, 6.45) is 1.37. The largest absolute Gasteiger partial charge is 0.503 e. The molecule has 0 radical (unpaired) electrons. The van der Waals surface area contributed by atoms with Gasteiger partial charge in [0.05, 0.1) is 20.5 Å². The van der Waals surface area contributed by atoms with Gasteiger partial charge in [-0.1, -0.05) is 24.3 Å². The van der Waals surface area contributed by atoms with Gasteiger partial charge in [-0.15, -0.1) is 0 Å². The van der Waals surface area contributed by atoms with Gasteiger partial charge in [0.15, 0.2) is 0 Å². The van der Waals surface area contributed by atoms with Gasteiger partial charge >= 0.3 is 5.97 Å². The standard InChI is InChI=1S/C18H18O4/c1-13-9-14(17(12-20-2)18(19)21-3)11-16(10-13)22-15-7-5-4-6-8-15/h4-12H,1-3H3/b17-12+. The van der Waals surface area contributed by atoms with Crippen molar-refractivity contribution in [1.29, 1.82) is 0 Å². The molecule has 2 aromatic rings. The molecule has 4 nitrogen and oxygen atoms in total. The van der Waals surface area contributed by atoms with Crippen LogP contribution in [0.1, 0.15) is 11.1 Å². The van der Waals surface area contributed by atoms with E-state index in [4.69, 9.17) is 14.2 Å². The predicted octanol–water partition coefficient (Wildman–Crippen LogP) is 3.95. The van der Waals surface area contributed by atoms with Crippen LogP contribution in [0, 0.1) is 6.92 Å². The Morgan fingerprint density at radius 3 is 2.36 bits per heavy atom. The van der Waals surface area contributed by atoms with E-state index in [9.17, 15) is 4.79 Å². The van der Waals surface area contributed by atoms with Crippen LogP contribution < -0.4 is 4.74 Å². The lowest BCUT2D eigenvalue weighted by molar-refractivity contribution is -0.133. The Labute approximate surface area is 129 Å². The number of benzene rings is 2. The van der Waals surface area contributed by atoms with Crippen molar-refractivity contribution in [1.82, 2.24) is 0 Å². The third-order valence-electron chi connectivity index (χ3n) is 2.98. The molecule has 0 amide bonds. The average Bonchev–Trinajstić information content (AvgIpc) is 2.52. The highest BCUT2D eigenvalue weighted by atomic mass is 16.5. The fourth-order valence-electron chi connectivity index (χ4n) is 2.05. The van der Waals surface area contributed by atoms with Crippen LogP contribution in [0.25, 0.3) is 5.57 Å². The Balaban J connectivity index is 2.37. The molecule has 0 unspecified atom stereocenters. The number of ether oxygens (including phenoxy) is 3. The molecule has 2 rings (SSSR count). The van der Waals surface area contributed by atoms with E-state index < -0.39 is 5.97 Å². The van der Waals surface area contributed by atoms with Crippen molar-refractivity contribution in [2.24, 2.45) is 0 Å². The summed E-state index contributed by atoms with van der Waals surface area (Å²) in [5.74, 6) is 0.916. The minimum atomic E-state index is -0.460. The number of rotatable bonds is 5. The maximum Gasteiger partial charge on any atom is 0.341 e. The zero-order valence-corrected chi connectivity index (χ0v) is 12.8. The molecular weight excluding hydrogens is 280 g/mol. The van der Waals surface area contributed by atoms with E-state index in [0.717, 1.165) is 11.3 Å². The molecule has 22 heavy (non-hydrogen) atoms. The second-order valence-corrected chi connectivity index (χ2v) is 4.71. The number of aryl methyl sites for hydroxylation is 1. The van der Waals surface area contributed by atoms with Crippen LogP contribution in [0.15, 0.2) is 54.8 Å².